The molecule has 5 heteroatoms. The summed E-state index contributed by atoms with van der Waals surface area (Å²) in [5.41, 5.74) is 2.09. The van der Waals surface area contributed by atoms with Crippen molar-refractivity contribution in [2.45, 2.75) is 6.54 Å². The topological polar surface area (TPSA) is 48.5 Å². The lowest BCUT2D eigenvalue weighted by atomic mass is 10.2. The summed E-state index contributed by atoms with van der Waals surface area (Å²) >= 11 is 0. The van der Waals surface area contributed by atoms with Gasteiger partial charge >= 0.3 is 0 Å². The predicted octanol–water partition coefficient (Wildman–Crippen LogP) is 1.84. The Balaban J connectivity index is 1.41. The summed E-state index contributed by atoms with van der Waals surface area (Å²) in [6.07, 6.45) is 3.36. The quantitative estimate of drug-likeness (QED) is 0.915. The van der Waals surface area contributed by atoms with Gasteiger partial charge in [-0.15, -0.1) is 0 Å². The molecular formula is C18H22N4O. The van der Waals surface area contributed by atoms with E-state index in [1.807, 2.05) is 18.2 Å². The highest BCUT2D eigenvalue weighted by Gasteiger charge is 2.19. The van der Waals surface area contributed by atoms with Crippen molar-refractivity contribution in [1.29, 1.82) is 0 Å². The van der Waals surface area contributed by atoms with E-state index in [9.17, 15) is 4.79 Å². The van der Waals surface area contributed by atoms with E-state index in [4.69, 9.17) is 0 Å². The first kappa shape index (κ1) is 15.6. The summed E-state index contributed by atoms with van der Waals surface area (Å²) in [7, 11) is 0. The summed E-state index contributed by atoms with van der Waals surface area (Å²) < 4.78 is 0. The third-order valence-corrected chi connectivity index (χ3v) is 4.03. The Bertz CT molecular complexity index is 609. The van der Waals surface area contributed by atoms with Crippen LogP contribution in [0.3, 0.4) is 0 Å². The maximum absolute atomic E-state index is 12.1. The number of benzene rings is 1. The summed E-state index contributed by atoms with van der Waals surface area (Å²) in [5.74, 6) is 0.0227. The van der Waals surface area contributed by atoms with E-state index in [1.165, 1.54) is 5.56 Å². The summed E-state index contributed by atoms with van der Waals surface area (Å²) in [5, 5.41) is 2.88. The molecule has 1 fully saturated rings. The van der Waals surface area contributed by atoms with E-state index in [0.717, 1.165) is 38.4 Å². The Morgan fingerprint density at radius 3 is 2.43 bits per heavy atom. The van der Waals surface area contributed by atoms with E-state index in [0.29, 0.717) is 6.54 Å². The second kappa shape index (κ2) is 7.85. The number of hydrogen-bond acceptors (Lipinski definition) is 4. The number of piperazine rings is 1. The van der Waals surface area contributed by atoms with Crippen molar-refractivity contribution < 1.29 is 4.79 Å². The van der Waals surface area contributed by atoms with E-state index in [1.54, 1.807) is 12.4 Å². The minimum Gasteiger partial charge on any atom is -0.324 e. The number of nitrogens with one attached hydrogen (secondary N) is 1. The fourth-order valence-corrected chi connectivity index (χ4v) is 2.79. The first-order chi connectivity index (χ1) is 11.3. The number of aromatic nitrogens is 1. The lowest BCUT2D eigenvalue weighted by molar-refractivity contribution is -0.117. The lowest BCUT2D eigenvalue weighted by Crippen LogP contribution is -2.48. The third-order valence-electron chi connectivity index (χ3n) is 4.03. The van der Waals surface area contributed by atoms with Gasteiger partial charge in [0.1, 0.15) is 0 Å². The van der Waals surface area contributed by atoms with Crippen molar-refractivity contribution in [3.63, 3.8) is 0 Å². The normalized spacial score (nSPS) is 16.2. The average Bonchev–Trinajstić information content (AvgIpc) is 2.58. The Labute approximate surface area is 136 Å². The van der Waals surface area contributed by atoms with Crippen molar-refractivity contribution in [1.82, 2.24) is 14.8 Å². The first-order valence-corrected chi connectivity index (χ1v) is 7.98. The third kappa shape index (κ3) is 4.87. The van der Waals surface area contributed by atoms with Gasteiger partial charge in [-0.25, -0.2) is 0 Å². The maximum atomic E-state index is 12.1. The van der Waals surface area contributed by atoms with Gasteiger partial charge in [0.25, 0.3) is 0 Å². The van der Waals surface area contributed by atoms with Crippen LogP contribution in [0.25, 0.3) is 0 Å². The predicted molar refractivity (Wildman–Crippen MR) is 91.0 cm³/mol. The molecule has 120 valence electrons. The van der Waals surface area contributed by atoms with Crippen LogP contribution in [0, 0.1) is 0 Å². The van der Waals surface area contributed by atoms with E-state index in [2.05, 4.69) is 44.4 Å². The molecule has 3 rings (SSSR count). The molecule has 0 aliphatic carbocycles. The summed E-state index contributed by atoms with van der Waals surface area (Å²) in [6, 6.07) is 14.2. The Morgan fingerprint density at radius 2 is 1.74 bits per heavy atom. The molecule has 5 nitrogen and oxygen atoms in total. The highest BCUT2D eigenvalue weighted by atomic mass is 16.2. The second-order valence-corrected chi connectivity index (χ2v) is 5.83. The molecule has 0 unspecified atom stereocenters. The number of nitrogens with zero attached hydrogens (tertiary/aromatic N) is 3. The smallest absolute Gasteiger partial charge is 0.238 e. The molecule has 2 aromatic rings. The van der Waals surface area contributed by atoms with E-state index < -0.39 is 0 Å². The molecule has 1 aromatic heterocycles. The van der Waals surface area contributed by atoms with Crippen molar-refractivity contribution >= 4 is 11.6 Å². The van der Waals surface area contributed by atoms with Crippen LogP contribution in [-0.4, -0.2) is 53.4 Å². The number of pyridine rings is 1. The average molecular weight is 310 g/mol. The van der Waals surface area contributed by atoms with Gasteiger partial charge in [-0.1, -0.05) is 30.3 Å². The largest absolute Gasteiger partial charge is 0.324 e. The highest BCUT2D eigenvalue weighted by Crippen LogP contribution is 2.09. The van der Waals surface area contributed by atoms with Crippen LogP contribution in [0.1, 0.15) is 5.56 Å². The van der Waals surface area contributed by atoms with Gasteiger partial charge in [-0.3, -0.25) is 19.6 Å². The molecular weight excluding hydrogens is 288 g/mol. The standard InChI is InChI=1S/C18H22N4O/c23-18(20-17-7-4-8-19-13-17)15-22-11-9-21(10-12-22)14-16-5-2-1-3-6-16/h1-8,13H,9-12,14-15H2,(H,20,23). The zero-order chi connectivity index (χ0) is 15.9. The second-order valence-electron chi connectivity index (χ2n) is 5.83. The van der Waals surface area contributed by atoms with Crippen LogP contribution in [0.5, 0.6) is 0 Å². The molecule has 1 aliphatic heterocycles. The van der Waals surface area contributed by atoms with Gasteiger partial charge < -0.3 is 5.32 Å². The number of carbonyl (C=O) groups is 1. The van der Waals surface area contributed by atoms with E-state index in [-0.39, 0.29) is 5.91 Å². The number of anilines is 1. The molecule has 2 heterocycles. The van der Waals surface area contributed by atoms with Crippen LogP contribution in [0.15, 0.2) is 54.9 Å². The van der Waals surface area contributed by atoms with Gasteiger partial charge in [0.05, 0.1) is 18.4 Å². The Hall–Kier alpha value is -2.24. The summed E-state index contributed by atoms with van der Waals surface area (Å²) in [4.78, 5) is 20.7. The highest BCUT2D eigenvalue weighted by molar-refractivity contribution is 5.92. The Kier molecular flexibility index (Phi) is 5.34. The van der Waals surface area contributed by atoms with Gasteiger partial charge in [-0.2, -0.15) is 0 Å². The van der Waals surface area contributed by atoms with Crippen LogP contribution in [-0.2, 0) is 11.3 Å². The molecule has 0 bridgehead atoms. The van der Waals surface area contributed by atoms with Crippen LogP contribution >= 0.6 is 0 Å². The van der Waals surface area contributed by atoms with Crippen molar-refractivity contribution in [2.24, 2.45) is 0 Å². The molecule has 0 saturated carbocycles. The lowest BCUT2D eigenvalue weighted by Gasteiger charge is -2.34. The molecule has 23 heavy (non-hydrogen) atoms. The minimum atomic E-state index is 0.0227. The number of rotatable bonds is 5. The molecule has 1 aromatic carbocycles. The van der Waals surface area contributed by atoms with Crippen molar-refractivity contribution in [3.8, 4) is 0 Å². The number of hydrogen-bond donors (Lipinski definition) is 1. The minimum absolute atomic E-state index is 0.0227. The van der Waals surface area contributed by atoms with Gasteiger partial charge in [-0.05, 0) is 17.7 Å². The number of amides is 1. The fourth-order valence-electron chi connectivity index (χ4n) is 2.79. The van der Waals surface area contributed by atoms with E-state index >= 15 is 0 Å². The van der Waals surface area contributed by atoms with Gasteiger partial charge in [0.15, 0.2) is 0 Å². The van der Waals surface area contributed by atoms with Crippen LogP contribution in [0.4, 0.5) is 5.69 Å². The maximum Gasteiger partial charge on any atom is 0.238 e. The molecule has 0 spiro atoms. The Morgan fingerprint density at radius 1 is 1.00 bits per heavy atom. The monoisotopic (exact) mass is 310 g/mol. The molecule has 1 N–H and O–H groups in total. The van der Waals surface area contributed by atoms with Crippen LogP contribution < -0.4 is 5.32 Å². The fraction of sp³-hybridized carbons (Fsp3) is 0.333. The zero-order valence-corrected chi connectivity index (χ0v) is 13.2. The zero-order valence-electron chi connectivity index (χ0n) is 13.2. The molecule has 1 saturated heterocycles. The molecule has 0 atom stereocenters. The van der Waals surface area contributed by atoms with Gasteiger partial charge in [0.2, 0.25) is 5.91 Å². The summed E-state index contributed by atoms with van der Waals surface area (Å²) in [6.45, 7) is 5.26. The van der Waals surface area contributed by atoms with Crippen molar-refractivity contribution in [2.75, 3.05) is 38.0 Å². The SMILES string of the molecule is O=C(CN1CCN(Cc2ccccc2)CC1)Nc1cccnc1. The first-order valence-electron chi connectivity index (χ1n) is 7.98. The number of carbonyl (C=O) groups excluding carboxylic acids is 1. The van der Waals surface area contributed by atoms with Gasteiger partial charge in [0, 0.05) is 38.9 Å². The molecule has 1 aliphatic rings. The van der Waals surface area contributed by atoms with Crippen molar-refractivity contribution in [3.05, 3.63) is 60.4 Å². The van der Waals surface area contributed by atoms with Crippen LogP contribution in [0.2, 0.25) is 0 Å². The molecule has 1 amide bonds. The molecule has 0 radical (unpaired) electrons.